The molecule has 0 aromatic carbocycles. The summed E-state index contributed by atoms with van der Waals surface area (Å²) < 4.78 is 0. The molecule has 0 spiro atoms. The van der Waals surface area contributed by atoms with Gasteiger partial charge in [-0.1, -0.05) is 44.8 Å². The van der Waals surface area contributed by atoms with Crippen LogP contribution in [0, 0.1) is 5.92 Å². The SMILES string of the molecule is C=C1C[C@H]1CCCCCC. The zero-order valence-electron chi connectivity index (χ0n) is 7.03. The Kier molecular flexibility index (Phi) is 2.98. The number of hydrogen-bond acceptors (Lipinski definition) is 0. The van der Waals surface area contributed by atoms with Crippen molar-refractivity contribution in [2.75, 3.05) is 0 Å². The van der Waals surface area contributed by atoms with Crippen molar-refractivity contribution in [1.82, 2.24) is 0 Å². The molecule has 1 atom stereocenters. The van der Waals surface area contributed by atoms with Crippen LogP contribution in [0.1, 0.15) is 45.4 Å². The first kappa shape index (κ1) is 7.84. The fraction of sp³-hybridized carbons (Fsp3) is 0.800. The van der Waals surface area contributed by atoms with Crippen LogP contribution in [0.2, 0.25) is 0 Å². The highest BCUT2D eigenvalue weighted by Gasteiger charge is 2.25. The van der Waals surface area contributed by atoms with Gasteiger partial charge in [-0.15, -0.1) is 0 Å². The van der Waals surface area contributed by atoms with E-state index >= 15 is 0 Å². The van der Waals surface area contributed by atoms with Crippen molar-refractivity contribution in [1.29, 1.82) is 0 Å². The normalized spacial score (nSPS) is 23.3. The van der Waals surface area contributed by atoms with E-state index in [9.17, 15) is 0 Å². The van der Waals surface area contributed by atoms with Crippen LogP contribution >= 0.6 is 0 Å². The Morgan fingerprint density at radius 3 is 2.60 bits per heavy atom. The number of allylic oxidation sites excluding steroid dienone is 1. The molecular weight excluding hydrogens is 120 g/mol. The van der Waals surface area contributed by atoms with Crippen molar-refractivity contribution in [2.24, 2.45) is 5.92 Å². The summed E-state index contributed by atoms with van der Waals surface area (Å²) in [4.78, 5) is 0. The second kappa shape index (κ2) is 3.80. The Balaban J connectivity index is 1.82. The monoisotopic (exact) mass is 138 g/mol. The first-order valence-corrected chi connectivity index (χ1v) is 4.52. The molecule has 0 nitrogen and oxygen atoms in total. The molecule has 0 aromatic heterocycles. The van der Waals surface area contributed by atoms with Gasteiger partial charge in [-0.25, -0.2) is 0 Å². The second-order valence-electron chi connectivity index (χ2n) is 3.41. The fourth-order valence-electron chi connectivity index (χ4n) is 1.38. The molecule has 0 heterocycles. The zero-order valence-corrected chi connectivity index (χ0v) is 7.03. The number of unbranched alkanes of at least 4 members (excludes halogenated alkanes) is 3. The lowest BCUT2D eigenvalue weighted by Crippen LogP contribution is -1.78. The summed E-state index contributed by atoms with van der Waals surface area (Å²) in [6.07, 6.45) is 8.37. The maximum absolute atomic E-state index is 3.95. The van der Waals surface area contributed by atoms with Crippen molar-refractivity contribution in [3.05, 3.63) is 12.2 Å². The van der Waals surface area contributed by atoms with Gasteiger partial charge in [0.05, 0.1) is 0 Å². The Hall–Kier alpha value is -0.260. The topological polar surface area (TPSA) is 0 Å². The Bertz CT molecular complexity index is 113. The molecule has 1 rings (SSSR count). The summed E-state index contributed by atoms with van der Waals surface area (Å²) in [6.45, 7) is 6.21. The minimum absolute atomic E-state index is 0.928. The van der Waals surface area contributed by atoms with Crippen molar-refractivity contribution >= 4 is 0 Å². The van der Waals surface area contributed by atoms with E-state index in [0.717, 1.165) is 5.92 Å². The molecule has 10 heavy (non-hydrogen) atoms. The van der Waals surface area contributed by atoms with E-state index in [4.69, 9.17) is 0 Å². The van der Waals surface area contributed by atoms with Gasteiger partial charge in [-0.05, 0) is 18.8 Å². The van der Waals surface area contributed by atoms with Gasteiger partial charge < -0.3 is 0 Å². The molecule has 0 aliphatic heterocycles. The van der Waals surface area contributed by atoms with Crippen molar-refractivity contribution in [3.8, 4) is 0 Å². The van der Waals surface area contributed by atoms with Gasteiger partial charge in [-0.3, -0.25) is 0 Å². The Morgan fingerprint density at radius 2 is 2.10 bits per heavy atom. The first-order valence-electron chi connectivity index (χ1n) is 4.52. The predicted molar refractivity (Wildman–Crippen MR) is 46.0 cm³/mol. The van der Waals surface area contributed by atoms with Crippen molar-refractivity contribution in [3.63, 3.8) is 0 Å². The summed E-state index contributed by atoms with van der Waals surface area (Å²) in [6, 6.07) is 0. The fourth-order valence-corrected chi connectivity index (χ4v) is 1.38. The summed E-state index contributed by atoms with van der Waals surface area (Å²) in [5.74, 6) is 0.928. The molecule has 1 aliphatic rings. The van der Waals surface area contributed by atoms with Crippen LogP contribution in [-0.4, -0.2) is 0 Å². The molecular formula is C10H18. The lowest BCUT2D eigenvalue weighted by molar-refractivity contribution is 0.606. The van der Waals surface area contributed by atoms with Gasteiger partial charge in [0, 0.05) is 0 Å². The zero-order chi connectivity index (χ0) is 7.40. The summed E-state index contributed by atoms with van der Waals surface area (Å²) in [5, 5.41) is 0. The largest absolute Gasteiger partial charge is 0.0995 e. The molecule has 0 bridgehead atoms. The smallest absolute Gasteiger partial charge is 0.0168 e. The van der Waals surface area contributed by atoms with E-state index in [0.29, 0.717) is 0 Å². The van der Waals surface area contributed by atoms with Crippen LogP contribution < -0.4 is 0 Å². The lowest BCUT2D eigenvalue weighted by atomic mass is 10.1. The molecule has 1 fully saturated rings. The average Bonchev–Trinajstić information content (AvgIpc) is 2.60. The third-order valence-electron chi connectivity index (χ3n) is 2.33. The molecule has 1 aliphatic carbocycles. The molecule has 0 amide bonds. The van der Waals surface area contributed by atoms with Crippen LogP contribution in [0.5, 0.6) is 0 Å². The molecule has 58 valence electrons. The van der Waals surface area contributed by atoms with Gasteiger partial charge in [0.2, 0.25) is 0 Å². The minimum atomic E-state index is 0.928. The second-order valence-corrected chi connectivity index (χ2v) is 3.41. The van der Waals surface area contributed by atoms with Crippen LogP contribution in [0.3, 0.4) is 0 Å². The molecule has 1 saturated carbocycles. The molecule has 0 N–H and O–H groups in total. The van der Waals surface area contributed by atoms with E-state index in [1.54, 1.807) is 0 Å². The van der Waals surface area contributed by atoms with E-state index in [1.165, 1.54) is 44.1 Å². The Morgan fingerprint density at radius 1 is 1.40 bits per heavy atom. The third-order valence-corrected chi connectivity index (χ3v) is 2.33. The van der Waals surface area contributed by atoms with Crippen LogP contribution in [0.25, 0.3) is 0 Å². The average molecular weight is 138 g/mol. The highest BCUT2D eigenvalue weighted by atomic mass is 14.3. The van der Waals surface area contributed by atoms with Crippen molar-refractivity contribution in [2.45, 2.75) is 45.4 Å². The van der Waals surface area contributed by atoms with Crippen LogP contribution in [0.4, 0.5) is 0 Å². The molecule has 0 aromatic rings. The maximum Gasteiger partial charge on any atom is -0.0168 e. The molecule has 0 unspecified atom stereocenters. The first-order chi connectivity index (χ1) is 4.84. The standard InChI is InChI=1S/C10H18/c1-3-4-5-6-7-10-8-9(10)2/h10H,2-8H2,1H3/t10-/m1/s1. The summed E-state index contributed by atoms with van der Waals surface area (Å²) >= 11 is 0. The number of rotatable bonds is 5. The highest BCUT2D eigenvalue weighted by molar-refractivity contribution is 5.18. The van der Waals surface area contributed by atoms with Crippen LogP contribution in [-0.2, 0) is 0 Å². The molecule has 0 saturated heterocycles. The van der Waals surface area contributed by atoms with E-state index in [2.05, 4.69) is 13.5 Å². The molecule has 0 heteroatoms. The van der Waals surface area contributed by atoms with Crippen LogP contribution in [0.15, 0.2) is 12.2 Å². The summed E-state index contributed by atoms with van der Waals surface area (Å²) in [7, 11) is 0. The van der Waals surface area contributed by atoms with Crippen molar-refractivity contribution < 1.29 is 0 Å². The molecule has 0 radical (unpaired) electrons. The van der Waals surface area contributed by atoms with E-state index in [1.807, 2.05) is 0 Å². The van der Waals surface area contributed by atoms with Gasteiger partial charge in [0.1, 0.15) is 0 Å². The van der Waals surface area contributed by atoms with E-state index < -0.39 is 0 Å². The third kappa shape index (κ3) is 2.55. The predicted octanol–water partition coefficient (Wildman–Crippen LogP) is 3.53. The lowest BCUT2D eigenvalue weighted by Gasteiger charge is -1.95. The maximum atomic E-state index is 3.95. The van der Waals surface area contributed by atoms with Gasteiger partial charge in [0.15, 0.2) is 0 Å². The quantitative estimate of drug-likeness (QED) is 0.402. The Labute approximate surface area is 64.3 Å². The van der Waals surface area contributed by atoms with Gasteiger partial charge >= 0.3 is 0 Å². The summed E-state index contributed by atoms with van der Waals surface area (Å²) in [5.41, 5.74) is 1.50. The highest BCUT2D eigenvalue weighted by Crippen LogP contribution is 2.39. The van der Waals surface area contributed by atoms with E-state index in [-0.39, 0.29) is 0 Å². The number of hydrogen-bond donors (Lipinski definition) is 0. The van der Waals surface area contributed by atoms with Gasteiger partial charge in [0.25, 0.3) is 0 Å². The van der Waals surface area contributed by atoms with Gasteiger partial charge in [-0.2, -0.15) is 0 Å². The minimum Gasteiger partial charge on any atom is -0.0995 e.